The number of ether oxygens (including phenoxy) is 1. The molecule has 2 aliphatic heterocycles. The molecule has 0 aromatic heterocycles. The summed E-state index contributed by atoms with van der Waals surface area (Å²) in [5.74, 6) is -0.0806. The van der Waals surface area contributed by atoms with E-state index in [1.165, 1.54) is 80.7 Å². The fourth-order valence-corrected chi connectivity index (χ4v) is 4.50. The van der Waals surface area contributed by atoms with Gasteiger partial charge in [-0.05, 0) is 63.1 Å². The van der Waals surface area contributed by atoms with Crippen LogP contribution in [0, 0.1) is 0 Å². The van der Waals surface area contributed by atoms with Crippen LogP contribution in [0.1, 0.15) is 51.0 Å². The molecule has 4 heteroatoms. The first kappa shape index (κ1) is 19.2. The highest BCUT2D eigenvalue weighted by Gasteiger charge is 2.33. The summed E-state index contributed by atoms with van der Waals surface area (Å²) in [4.78, 5) is 14.0. The van der Waals surface area contributed by atoms with Crippen LogP contribution in [0.2, 0.25) is 0 Å². The van der Waals surface area contributed by atoms with Gasteiger partial charge in [-0.15, -0.1) is 0 Å². The third-order valence-corrected chi connectivity index (χ3v) is 6.16. The van der Waals surface area contributed by atoms with Crippen LogP contribution in [-0.2, 0) is 16.0 Å². The molecule has 2 saturated heterocycles. The minimum absolute atomic E-state index is 0.0806. The number of quaternary nitrogens is 1. The Bertz CT molecular complexity index is 552. The summed E-state index contributed by atoms with van der Waals surface area (Å²) >= 11 is 0. The highest BCUT2D eigenvalue weighted by molar-refractivity contribution is 5.69. The van der Waals surface area contributed by atoms with Crippen molar-refractivity contribution < 1.29 is 14.0 Å². The van der Waals surface area contributed by atoms with E-state index in [1.54, 1.807) is 0 Å². The molecule has 0 atom stereocenters. The van der Waals surface area contributed by atoms with Gasteiger partial charge in [0.1, 0.15) is 0 Å². The predicted molar refractivity (Wildman–Crippen MR) is 106 cm³/mol. The van der Waals surface area contributed by atoms with Gasteiger partial charge < -0.3 is 14.1 Å². The fourth-order valence-electron chi connectivity index (χ4n) is 4.50. The molecule has 1 aromatic rings. The Labute approximate surface area is 158 Å². The van der Waals surface area contributed by atoms with Crippen LogP contribution in [0.4, 0.5) is 5.69 Å². The molecule has 0 N–H and O–H groups in total. The molecule has 1 spiro atoms. The number of benzene rings is 1. The molecule has 0 radical (unpaired) electrons. The lowest BCUT2D eigenvalue weighted by Crippen LogP contribution is -2.60. The molecular weight excluding hydrogens is 324 g/mol. The number of rotatable bonds is 6. The van der Waals surface area contributed by atoms with Gasteiger partial charge in [-0.2, -0.15) is 0 Å². The van der Waals surface area contributed by atoms with E-state index in [0.717, 1.165) is 12.8 Å². The largest absolute Gasteiger partial charge is 0.466 e. The standard InChI is InChI=1S/C22H35N2O2/c1-2-26-22(25)9-7-8-20-10-12-21(13-11-20)23-14-18-24(19-15-23)16-5-3-4-6-17-24/h10-13H,2-9,14-19H2,1H3/q+1. The van der Waals surface area contributed by atoms with Gasteiger partial charge in [-0.3, -0.25) is 4.79 Å². The van der Waals surface area contributed by atoms with Crippen molar-refractivity contribution in [1.82, 2.24) is 0 Å². The van der Waals surface area contributed by atoms with Crippen molar-refractivity contribution in [3.8, 4) is 0 Å². The van der Waals surface area contributed by atoms with Crippen LogP contribution < -0.4 is 4.90 Å². The van der Waals surface area contributed by atoms with Gasteiger partial charge in [-0.1, -0.05) is 12.1 Å². The van der Waals surface area contributed by atoms with E-state index in [0.29, 0.717) is 13.0 Å². The smallest absolute Gasteiger partial charge is 0.305 e. The van der Waals surface area contributed by atoms with Gasteiger partial charge in [0.15, 0.2) is 0 Å². The Morgan fingerprint density at radius 2 is 1.65 bits per heavy atom. The lowest BCUT2D eigenvalue weighted by atomic mass is 10.1. The zero-order valence-corrected chi connectivity index (χ0v) is 16.4. The number of anilines is 1. The van der Waals surface area contributed by atoms with E-state index in [9.17, 15) is 4.79 Å². The molecular formula is C22H35N2O2+. The Morgan fingerprint density at radius 1 is 1.00 bits per heavy atom. The summed E-state index contributed by atoms with van der Waals surface area (Å²) in [5.41, 5.74) is 2.66. The zero-order chi connectivity index (χ0) is 18.2. The van der Waals surface area contributed by atoms with Crippen molar-refractivity contribution in [2.45, 2.75) is 51.9 Å². The maximum absolute atomic E-state index is 11.4. The van der Waals surface area contributed by atoms with Crippen LogP contribution in [0.25, 0.3) is 0 Å². The average molecular weight is 360 g/mol. The Hall–Kier alpha value is -1.55. The zero-order valence-electron chi connectivity index (χ0n) is 16.4. The van der Waals surface area contributed by atoms with Crippen LogP contribution in [-0.4, -0.2) is 56.3 Å². The third-order valence-electron chi connectivity index (χ3n) is 6.16. The maximum Gasteiger partial charge on any atom is 0.305 e. The van der Waals surface area contributed by atoms with Crippen LogP contribution in [0.3, 0.4) is 0 Å². The first-order valence-corrected chi connectivity index (χ1v) is 10.6. The van der Waals surface area contributed by atoms with Gasteiger partial charge in [0, 0.05) is 12.1 Å². The number of hydrogen-bond acceptors (Lipinski definition) is 3. The molecule has 2 heterocycles. The second-order valence-electron chi connectivity index (χ2n) is 7.96. The number of carbonyl (C=O) groups excluding carboxylic acids is 1. The van der Waals surface area contributed by atoms with Crippen LogP contribution >= 0.6 is 0 Å². The second kappa shape index (κ2) is 9.40. The maximum atomic E-state index is 11.4. The van der Waals surface area contributed by atoms with Gasteiger partial charge in [0.05, 0.1) is 45.9 Å². The van der Waals surface area contributed by atoms with Gasteiger partial charge in [-0.25, -0.2) is 0 Å². The minimum Gasteiger partial charge on any atom is -0.466 e. The van der Waals surface area contributed by atoms with Crippen molar-refractivity contribution in [2.75, 3.05) is 50.8 Å². The number of aryl methyl sites for hydroxylation is 1. The minimum atomic E-state index is -0.0806. The van der Waals surface area contributed by atoms with Crippen molar-refractivity contribution in [2.24, 2.45) is 0 Å². The number of nitrogens with zero attached hydrogens (tertiary/aromatic N) is 2. The summed E-state index contributed by atoms with van der Waals surface area (Å²) in [5, 5.41) is 0. The fraction of sp³-hybridized carbons (Fsp3) is 0.682. The highest BCUT2D eigenvalue weighted by Crippen LogP contribution is 2.24. The summed E-state index contributed by atoms with van der Waals surface area (Å²) in [6, 6.07) is 8.98. The summed E-state index contributed by atoms with van der Waals surface area (Å²) in [7, 11) is 0. The van der Waals surface area contributed by atoms with E-state index >= 15 is 0 Å². The summed E-state index contributed by atoms with van der Waals surface area (Å²) < 4.78 is 6.35. The SMILES string of the molecule is CCOC(=O)CCCc1ccc(N2CC[N+]3(CCCCCC3)CC2)cc1. The molecule has 26 heavy (non-hydrogen) atoms. The first-order valence-electron chi connectivity index (χ1n) is 10.6. The first-order chi connectivity index (χ1) is 12.7. The molecule has 0 aliphatic carbocycles. The van der Waals surface area contributed by atoms with E-state index < -0.39 is 0 Å². The molecule has 3 rings (SSSR count). The number of piperazine rings is 1. The molecule has 4 nitrogen and oxygen atoms in total. The predicted octanol–water partition coefficient (Wildman–Crippen LogP) is 3.78. The summed E-state index contributed by atoms with van der Waals surface area (Å²) in [6.45, 7) is 10.1. The van der Waals surface area contributed by atoms with Gasteiger partial charge >= 0.3 is 5.97 Å². The number of hydrogen-bond donors (Lipinski definition) is 0. The van der Waals surface area contributed by atoms with Gasteiger partial charge in [0.2, 0.25) is 0 Å². The van der Waals surface area contributed by atoms with Crippen LogP contribution in [0.5, 0.6) is 0 Å². The molecule has 144 valence electrons. The van der Waals surface area contributed by atoms with Gasteiger partial charge in [0.25, 0.3) is 0 Å². The lowest BCUT2D eigenvalue weighted by Gasteiger charge is -2.45. The van der Waals surface area contributed by atoms with Crippen molar-refractivity contribution in [3.63, 3.8) is 0 Å². The van der Waals surface area contributed by atoms with E-state index in [2.05, 4.69) is 29.2 Å². The highest BCUT2D eigenvalue weighted by atomic mass is 16.5. The topological polar surface area (TPSA) is 29.5 Å². The van der Waals surface area contributed by atoms with Crippen molar-refractivity contribution in [1.29, 1.82) is 0 Å². The molecule has 0 saturated carbocycles. The average Bonchev–Trinajstić information content (AvgIpc) is 2.89. The molecule has 1 aromatic carbocycles. The van der Waals surface area contributed by atoms with E-state index in [4.69, 9.17) is 4.74 Å². The summed E-state index contributed by atoms with van der Waals surface area (Å²) in [6.07, 6.45) is 8.02. The normalized spacial score (nSPS) is 20.0. The third kappa shape index (κ3) is 5.23. The van der Waals surface area contributed by atoms with Crippen molar-refractivity contribution in [3.05, 3.63) is 29.8 Å². The second-order valence-corrected chi connectivity index (χ2v) is 7.96. The lowest BCUT2D eigenvalue weighted by molar-refractivity contribution is -0.927. The Kier molecular flexibility index (Phi) is 6.95. The monoisotopic (exact) mass is 359 g/mol. The van der Waals surface area contributed by atoms with Crippen molar-refractivity contribution >= 4 is 11.7 Å². The molecule has 0 bridgehead atoms. The number of carbonyl (C=O) groups is 1. The molecule has 2 aliphatic rings. The molecule has 0 amide bonds. The van der Waals surface area contributed by atoms with E-state index in [1.807, 2.05) is 6.92 Å². The quantitative estimate of drug-likeness (QED) is 0.572. The molecule has 2 fully saturated rings. The van der Waals surface area contributed by atoms with E-state index in [-0.39, 0.29) is 5.97 Å². The number of esters is 1. The Morgan fingerprint density at radius 3 is 2.27 bits per heavy atom. The Balaban J connectivity index is 1.46. The molecule has 0 unspecified atom stereocenters. The van der Waals surface area contributed by atoms with Crippen LogP contribution in [0.15, 0.2) is 24.3 Å².